The fourth-order valence-corrected chi connectivity index (χ4v) is 4.14. The van der Waals surface area contributed by atoms with Crippen LogP contribution in [0.4, 0.5) is 5.69 Å². The minimum absolute atomic E-state index is 0.0113. The van der Waals surface area contributed by atoms with Crippen molar-refractivity contribution in [3.63, 3.8) is 0 Å². The van der Waals surface area contributed by atoms with Gasteiger partial charge in [-0.15, -0.1) is 0 Å². The standard InChI is InChI=1S/C21H34N2O4S/c1-5-6-14-27-19-9-7-8-18(15-19)22-20(24)16-10-12-17(13-11-16)23-28(25,26)21(2,3)4/h7-9,15-17,23H,5-6,10-14H2,1-4H3,(H,22,24). The molecular weight excluding hydrogens is 376 g/mol. The molecule has 1 fully saturated rings. The molecule has 0 radical (unpaired) electrons. The van der Waals surface area contributed by atoms with Gasteiger partial charge in [-0.3, -0.25) is 4.79 Å². The predicted molar refractivity (Wildman–Crippen MR) is 113 cm³/mol. The lowest BCUT2D eigenvalue weighted by Gasteiger charge is -2.30. The van der Waals surface area contributed by atoms with Crippen LogP contribution in [0.3, 0.4) is 0 Å². The van der Waals surface area contributed by atoms with E-state index in [1.807, 2.05) is 24.3 Å². The Morgan fingerprint density at radius 2 is 1.86 bits per heavy atom. The number of nitrogens with one attached hydrogen (secondary N) is 2. The van der Waals surface area contributed by atoms with Crippen molar-refractivity contribution in [1.29, 1.82) is 0 Å². The molecule has 2 rings (SSSR count). The summed E-state index contributed by atoms with van der Waals surface area (Å²) in [5.41, 5.74) is 0.731. The third-order valence-corrected chi connectivity index (χ3v) is 7.35. The minimum Gasteiger partial charge on any atom is -0.494 e. The van der Waals surface area contributed by atoms with Crippen molar-refractivity contribution >= 4 is 21.6 Å². The fraction of sp³-hybridized carbons (Fsp3) is 0.667. The van der Waals surface area contributed by atoms with Crippen molar-refractivity contribution in [2.24, 2.45) is 5.92 Å². The maximum Gasteiger partial charge on any atom is 0.227 e. The van der Waals surface area contributed by atoms with Gasteiger partial charge in [-0.2, -0.15) is 0 Å². The van der Waals surface area contributed by atoms with Crippen molar-refractivity contribution in [3.8, 4) is 5.75 Å². The molecule has 2 N–H and O–H groups in total. The van der Waals surface area contributed by atoms with Gasteiger partial charge in [-0.05, 0) is 65.0 Å². The lowest BCUT2D eigenvalue weighted by molar-refractivity contribution is -0.120. The molecule has 0 bridgehead atoms. The summed E-state index contributed by atoms with van der Waals surface area (Å²) in [6.07, 6.45) is 4.77. The molecule has 0 unspecified atom stereocenters. The summed E-state index contributed by atoms with van der Waals surface area (Å²) in [6, 6.07) is 7.36. The van der Waals surface area contributed by atoms with E-state index < -0.39 is 14.8 Å². The number of ether oxygens (including phenoxy) is 1. The molecule has 1 aliphatic rings. The molecule has 1 aromatic carbocycles. The number of benzene rings is 1. The van der Waals surface area contributed by atoms with Crippen LogP contribution in [0.2, 0.25) is 0 Å². The molecule has 7 heteroatoms. The number of carbonyl (C=O) groups excluding carboxylic acids is 1. The molecule has 0 atom stereocenters. The quantitative estimate of drug-likeness (QED) is 0.633. The van der Waals surface area contributed by atoms with Crippen LogP contribution in [0.1, 0.15) is 66.2 Å². The number of anilines is 1. The first-order valence-electron chi connectivity index (χ1n) is 10.2. The van der Waals surface area contributed by atoms with Crippen LogP contribution in [-0.4, -0.2) is 31.7 Å². The lowest BCUT2D eigenvalue weighted by Crippen LogP contribution is -2.46. The van der Waals surface area contributed by atoms with Crippen molar-refractivity contribution in [1.82, 2.24) is 4.72 Å². The summed E-state index contributed by atoms with van der Waals surface area (Å²) in [6.45, 7) is 7.85. The molecule has 0 spiro atoms. The Morgan fingerprint density at radius 1 is 1.18 bits per heavy atom. The third-order valence-electron chi connectivity index (χ3n) is 5.09. The van der Waals surface area contributed by atoms with Gasteiger partial charge in [-0.1, -0.05) is 19.4 Å². The SMILES string of the molecule is CCCCOc1cccc(NC(=O)C2CCC(NS(=O)(=O)C(C)(C)C)CC2)c1. The van der Waals surface area contributed by atoms with Crippen LogP contribution in [-0.2, 0) is 14.8 Å². The fourth-order valence-electron chi connectivity index (χ4n) is 3.11. The summed E-state index contributed by atoms with van der Waals surface area (Å²) >= 11 is 0. The van der Waals surface area contributed by atoms with Gasteiger partial charge in [0.15, 0.2) is 0 Å². The van der Waals surface area contributed by atoms with Gasteiger partial charge in [-0.25, -0.2) is 13.1 Å². The van der Waals surface area contributed by atoms with E-state index in [0.29, 0.717) is 32.3 Å². The second-order valence-electron chi connectivity index (χ2n) is 8.50. The van der Waals surface area contributed by atoms with Crippen LogP contribution in [0.25, 0.3) is 0 Å². The largest absolute Gasteiger partial charge is 0.494 e. The molecule has 0 aliphatic heterocycles. The number of carbonyl (C=O) groups is 1. The lowest BCUT2D eigenvalue weighted by atomic mass is 9.86. The molecule has 1 aromatic rings. The van der Waals surface area contributed by atoms with Crippen molar-refractivity contribution in [2.75, 3.05) is 11.9 Å². The summed E-state index contributed by atoms with van der Waals surface area (Å²) in [4.78, 5) is 12.6. The minimum atomic E-state index is -3.36. The van der Waals surface area contributed by atoms with E-state index >= 15 is 0 Å². The highest BCUT2D eigenvalue weighted by molar-refractivity contribution is 7.90. The van der Waals surface area contributed by atoms with E-state index in [-0.39, 0.29) is 17.9 Å². The Bertz CT molecular complexity index is 748. The number of hydrogen-bond acceptors (Lipinski definition) is 4. The van der Waals surface area contributed by atoms with Gasteiger partial charge in [0, 0.05) is 23.7 Å². The number of amides is 1. The normalized spacial score (nSPS) is 20.6. The Morgan fingerprint density at radius 3 is 2.46 bits per heavy atom. The summed E-state index contributed by atoms with van der Waals surface area (Å²) in [5, 5.41) is 2.97. The highest BCUT2D eigenvalue weighted by Crippen LogP contribution is 2.28. The molecule has 158 valence electrons. The summed E-state index contributed by atoms with van der Waals surface area (Å²) < 4.78 is 32.3. The van der Waals surface area contributed by atoms with E-state index in [4.69, 9.17) is 4.74 Å². The second-order valence-corrected chi connectivity index (χ2v) is 11.0. The molecule has 1 saturated carbocycles. The van der Waals surface area contributed by atoms with Gasteiger partial charge < -0.3 is 10.1 Å². The highest BCUT2D eigenvalue weighted by Gasteiger charge is 2.34. The van der Waals surface area contributed by atoms with Gasteiger partial charge in [0.25, 0.3) is 0 Å². The van der Waals surface area contributed by atoms with E-state index in [1.165, 1.54) is 0 Å². The van der Waals surface area contributed by atoms with Crippen LogP contribution < -0.4 is 14.8 Å². The maximum atomic E-state index is 12.6. The Balaban J connectivity index is 1.85. The number of unbranched alkanes of at least 4 members (excludes halogenated alkanes) is 1. The van der Waals surface area contributed by atoms with E-state index in [0.717, 1.165) is 24.3 Å². The average Bonchev–Trinajstić information content (AvgIpc) is 2.61. The van der Waals surface area contributed by atoms with E-state index in [1.54, 1.807) is 20.8 Å². The van der Waals surface area contributed by atoms with Crippen molar-refractivity contribution in [3.05, 3.63) is 24.3 Å². The second kappa shape index (κ2) is 9.74. The first-order valence-corrected chi connectivity index (χ1v) is 11.7. The van der Waals surface area contributed by atoms with Crippen LogP contribution >= 0.6 is 0 Å². The molecular formula is C21H34N2O4S. The van der Waals surface area contributed by atoms with Gasteiger partial charge in [0.05, 0.1) is 11.4 Å². The van der Waals surface area contributed by atoms with Gasteiger partial charge in [0.2, 0.25) is 15.9 Å². The number of hydrogen-bond donors (Lipinski definition) is 2. The molecule has 0 aromatic heterocycles. The number of sulfonamides is 1. The highest BCUT2D eigenvalue weighted by atomic mass is 32.2. The Kier molecular flexibility index (Phi) is 7.89. The topological polar surface area (TPSA) is 84.5 Å². The van der Waals surface area contributed by atoms with Crippen LogP contribution in [0.5, 0.6) is 5.75 Å². The Labute approximate surface area is 169 Å². The van der Waals surface area contributed by atoms with Crippen LogP contribution in [0, 0.1) is 5.92 Å². The first-order chi connectivity index (χ1) is 13.1. The van der Waals surface area contributed by atoms with Gasteiger partial charge >= 0.3 is 0 Å². The smallest absolute Gasteiger partial charge is 0.227 e. The zero-order chi connectivity index (χ0) is 20.8. The summed E-state index contributed by atoms with van der Waals surface area (Å²) in [5.74, 6) is 0.648. The van der Waals surface area contributed by atoms with E-state index in [9.17, 15) is 13.2 Å². The average molecular weight is 411 g/mol. The van der Waals surface area contributed by atoms with Crippen molar-refractivity contribution < 1.29 is 17.9 Å². The predicted octanol–water partition coefficient (Wildman–Crippen LogP) is 4.08. The molecule has 6 nitrogen and oxygen atoms in total. The molecule has 0 saturated heterocycles. The molecule has 1 amide bonds. The number of rotatable bonds is 8. The summed E-state index contributed by atoms with van der Waals surface area (Å²) in [7, 11) is -3.36. The third kappa shape index (κ3) is 6.48. The maximum absolute atomic E-state index is 12.6. The van der Waals surface area contributed by atoms with E-state index in [2.05, 4.69) is 17.0 Å². The molecule has 1 aliphatic carbocycles. The van der Waals surface area contributed by atoms with Gasteiger partial charge in [0.1, 0.15) is 5.75 Å². The molecule has 0 heterocycles. The zero-order valence-corrected chi connectivity index (χ0v) is 18.3. The first kappa shape index (κ1) is 22.7. The van der Waals surface area contributed by atoms with Crippen molar-refractivity contribution in [2.45, 2.75) is 77.0 Å². The monoisotopic (exact) mass is 410 g/mol. The zero-order valence-electron chi connectivity index (χ0n) is 17.5. The molecule has 28 heavy (non-hydrogen) atoms. The van der Waals surface area contributed by atoms with Crippen LogP contribution in [0.15, 0.2) is 24.3 Å². The Hall–Kier alpha value is -1.60.